The Balaban J connectivity index is 1.49. The molecule has 0 unspecified atom stereocenters. The maximum atomic E-state index is 12.2. The van der Waals surface area contributed by atoms with Crippen molar-refractivity contribution in [3.05, 3.63) is 34.8 Å². The normalized spacial score (nSPS) is 15.2. The quantitative estimate of drug-likeness (QED) is 0.916. The summed E-state index contributed by atoms with van der Waals surface area (Å²) >= 11 is 0. The first-order valence-electron chi connectivity index (χ1n) is 8.56. The molecule has 0 bridgehead atoms. The summed E-state index contributed by atoms with van der Waals surface area (Å²) < 4.78 is 5.04. The average molecular weight is 343 g/mol. The number of carbonyl (C=O) groups is 1. The highest BCUT2D eigenvalue weighted by molar-refractivity contribution is 5.96. The van der Waals surface area contributed by atoms with Crippen LogP contribution in [0.25, 0.3) is 0 Å². The molecule has 1 aliphatic rings. The molecule has 25 heavy (non-hydrogen) atoms. The predicted octanol–water partition coefficient (Wildman–Crippen LogP) is 2.25. The molecule has 0 spiro atoms. The number of nitrogens with one attached hydrogen (secondary N) is 1. The van der Waals surface area contributed by atoms with Crippen LogP contribution in [0.1, 0.15) is 48.3 Å². The van der Waals surface area contributed by atoms with Crippen molar-refractivity contribution in [1.29, 1.82) is 0 Å². The van der Waals surface area contributed by atoms with E-state index in [1.54, 1.807) is 13.8 Å². The van der Waals surface area contributed by atoms with Gasteiger partial charge in [-0.1, -0.05) is 25.9 Å². The van der Waals surface area contributed by atoms with Crippen molar-refractivity contribution in [1.82, 2.24) is 20.7 Å². The van der Waals surface area contributed by atoms with Crippen LogP contribution in [0.2, 0.25) is 0 Å². The fourth-order valence-corrected chi connectivity index (χ4v) is 2.91. The van der Waals surface area contributed by atoms with Crippen LogP contribution in [0, 0.1) is 19.8 Å². The van der Waals surface area contributed by atoms with Gasteiger partial charge in [-0.3, -0.25) is 4.79 Å². The molecule has 3 heterocycles. The Morgan fingerprint density at radius 1 is 1.28 bits per heavy atom. The molecule has 1 N–H and O–H groups in total. The van der Waals surface area contributed by atoms with Crippen molar-refractivity contribution in [3.63, 3.8) is 0 Å². The minimum atomic E-state index is -0.121. The smallest absolute Gasteiger partial charge is 0.256 e. The molecule has 134 valence electrons. The third kappa shape index (κ3) is 3.65. The zero-order valence-corrected chi connectivity index (χ0v) is 15.5. The molecule has 3 rings (SSSR count). The van der Waals surface area contributed by atoms with E-state index < -0.39 is 0 Å². The number of anilines is 1. The third-order valence-corrected chi connectivity index (χ3v) is 4.51. The van der Waals surface area contributed by atoms with E-state index in [0.29, 0.717) is 29.5 Å². The largest absolute Gasteiger partial charge is 0.361 e. The molecule has 1 saturated heterocycles. The maximum absolute atomic E-state index is 12.2. The highest BCUT2D eigenvalue weighted by Gasteiger charge is 2.29. The Bertz CT molecular complexity index is 735. The number of aryl methyl sites for hydroxylation is 2. The van der Waals surface area contributed by atoms with Gasteiger partial charge in [-0.15, -0.1) is 5.10 Å². The Kier molecular flexibility index (Phi) is 4.49. The van der Waals surface area contributed by atoms with Crippen LogP contribution in [0.5, 0.6) is 0 Å². The first kappa shape index (κ1) is 17.4. The average Bonchev–Trinajstić information content (AvgIpc) is 2.84. The van der Waals surface area contributed by atoms with Crippen molar-refractivity contribution >= 4 is 11.7 Å². The van der Waals surface area contributed by atoms with Gasteiger partial charge >= 0.3 is 0 Å². The van der Waals surface area contributed by atoms with Crippen LogP contribution in [0.15, 0.2) is 16.7 Å². The summed E-state index contributed by atoms with van der Waals surface area (Å²) in [5.74, 6) is 1.73. The van der Waals surface area contributed by atoms with Crippen LogP contribution in [-0.2, 0) is 5.41 Å². The van der Waals surface area contributed by atoms with Crippen molar-refractivity contribution in [3.8, 4) is 0 Å². The van der Waals surface area contributed by atoms with Gasteiger partial charge < -0.3 is 14.7 Å². The second-order valence-corrected chi connectivity index (χ2v) is 7.71. The minimum Gasteiger partial charge on any atom is -0.361 e. The molecule has 7 heteroatoms. The van der Waals surface area contributed by atoms with Gasteiger partial charge in [0.25, 0.3) is 5.91 Å². The van der Waals surface area contributed by atoms with Gasteiger partial charge in [-0.05, 0) is 26.0 Å². The lowest BCUT2D eigenvalue weighted by Gasteiger charge is -2.40. The van der Waals surface area contributed by atoms with E-state index in [1.807, 2.05) is 12.1 Å². The van der Waals surface area contributed by atoms with E-state index in [2.05, 4.69) is 46.3 Å². The van der Waals surface area contributed by atoms with E-state index in [0.717, 1.165) is 24.6 Å². The molecule has 0 saturated carbocycles. The van der Waals surface area contributed by atoms with Gasteiger partial charge in [-0.25, -0.2) is 0 Å². The van der Waals surface area contributed by atoms with E-state index in [1.165, 1.54) is 0 Å². The zero-order valence-electron chi connectivity index (χ0n) is 15.5. The van der Waals surface area contributed by atoms with Gasteiger partial charge in [0.15, 0.2) is 5.82 Å². The first-order valence-corrected chi connectivity index (χ1v) is 8.56. The Morgan fingerprint density at radius 3 is 2.52 bits per heavy atom. The van der Waals surface area contributed by atoms with Crippen molar-refractivity contribution in [2.24, 2.45) is 5.92 Å². The number of amides is 1. The summed E-state index contributed by atoms with van der Waals surface area (Å²) in [6.45, 7) is 12.3. The number of nitrogens with zero attached hydrogens (tertiary/aromatic N) is 4. The van der Waals surface area contributed by atoms with Gasteiger partial charge in [0.1, 0.15) is 11.3 Å². The standard InChI is InChI=1S/C18H25N5O2/c1-11-16(12(2)25-22-11)17(24)19-8-13-9-23(10-13)15-7-6-14(20-21-15)18(3,4)5/h6-7,13H,8-10H2,1-5H3,(H,19,24). The molecule has 2 aromatic rings. The second kappa shape index (κ2) is 6.46. The van der Waals surface area contributed by atoms with Gasteiger partial charge in [-0.2, -0.15) is 5.10 Å². The van der Waals surface area contributed by atoms with Crippen molar-refractivity contribution in [2.45, 2.75) is 40.0 Å². The molecule has 1 aliphatic heterocycles. The lowest BCUT2D eigenvalue weighted by atomic mass is 9.92. The molecular weight excluding hydrogens is 318 g/mol. The Morgan fingerprint density at radius 2 is 2.00 bits per heavy atom. The van der Waals surface area contributed by atoms with Crippen LogP contribution < -0.4 is 10.2 Å². The SMILES string of the molecule is Cc1noc(C)c1C(=O)NCC1CN(c2ccc(C(C)(C)C)nn2)C1. The highest BCUT2D eigenvalue weighted by Crippen LogP contribution is 2.25. The second-order valence-electron chi connectivity index (χ2n) is 7.71. The maximum Gasteiger partial charge on any atom is 0.256 e. The highest BCUT2D eigenvalue weighted by atomic mass is 16.5. The number of hydrogen-bond acceptors (Lipinski definition) is 6. The van der Waals surface area contributed by atoms with Crippen molar-refractivity contribution < 1.29 is 9.32 Å². The molecule has 0 aromatic carbocycles. The fourth-order valence-electron chi connectivity index (χ4n) is 2.91. The van der Waals surface area contributed by atoms with Gasteiger partial charge in [0.05, 0.1) is 11.4 Å². The fraction of sp³-hybridized carbons (Fsp3) is 0.556. The predicted molar refractivity (Wildman–Crippen MR) is 94.7 cm³/mol. The topological polar surface area (TPSA) is 84.2 Å². The molecule has 0 aliphatic carbocycles. The number of carbonyl (C=O) groups excluding carboxylic acids is 1. The Hall–Kier alpha value is -2.44. The summed E-state index contributed by atoms with van der Waals surface area (Å²) in [5.41, 5.74) is 2.16. The van der Waals surface area contributed by atoms with E-state index in [4.69, 9.17) is 4.52 Å². The molecular formula is C18H25N5O2. The van der Waals surface area contributed by atoms with Crippen LogP contribution >= 0.6 is 0 Å². The van der Waals surface area contributed by atoms with Crippen molar-refractivity contribution in [2.75, 3.05) is 24.5 Å². The first-order chi connectivity index (χ1) is 11.8. The van der Waals surface area contributed by atoms with Gasteiger partial charge in [0.2, 0.25) is 0 Å². The Labute approximate surface area is 147 Å². The van der Waals surface area contributed by atoms with E-state index in [9.17, 15) is 4.79 Å². The van der Waals surface area contributed by atoms with Crippen LogP contribution in [0.4, 0.5) is 5.82 Å². The molecule has 7 nitrogen and oxygen atoms in total. The number of hydrogen-bond donors (Lipinski definition) is 1. The van der Waals surface area contributed by atoms with Crippen LogP contribution in [-0.4, -0.2) is 40.9 Å². The van der Waals surface area contributed by atoms with E-state index in [-0.39, 0.29) is 11.3 Å². The summed E-state index contributed by atoms with van der Waals surface area (Å²) in [6, 6.07) is 4.06. The number of aromatic nitrogens is 3. The van der Waals surface area contributed by atoms with E-state index >= 15 is 0 Å². The summed E-state index contributed by atoms with van der Waals surface area (Å²) in [5, 5.41) is 15.4. The third-order valence-electron chi connectivity index (χ3n) is 4.51. The zero-order chi connectivity index (χ0) is 18.2. The molecule has 0 radical (unpaired) electrons. The molecule has 1 amide bonds. The molecule has 0 atom stereocenters. The summed E-state index contributed by atoms with van der Waals surface area (Å²) in [6.07, 6.45) is 0. The minimum absolute atomic E-state index is 0.00545. The summed E-state index contributed by atoms with van der Waals surface area (Å²) in [7, 11) is 0. The summed E-state index contributed by atoms with van der Waals surface area (Å²) in [4.78, 5) is 14.4. The van der Waals surface area contributed by atoms with Gasteiger partial charge in [0, 0.05) is 31.0 Å². The lowest BCUT2D eigenvalue weighted by molar-refractivity contribution is 0.0942. The number of rotatable bonds is 4. The molecule has 2 aromatic heterocycles. The lowest BCUT2D eigenvalue weighted by Crippen LogP contribution is -2.52. The monoisotopic (exact) mass is 343 g/mol. The van der Waals surface area contributed by atoms with Crippen LogP contribution in [0.3, 0.4) is 0 Å². The molecule has 1 fully saturated rings.